The van der Waals surface area contributed by atoms with Crippen molar-refractivity contribution in [2.24, 2.45) is 5.92 Å². The largest absolute Gasteiger partial charge is 0.306 e. The Kier molecular flexibility index (Phi) is 4.92. The number of rotatable bonds is 5. The molecule has 1 aliphatic carbocycles. The first-order valence-electron chi connectivity index (χ1n) is 7.63. The molecule has 0 aromatic carbocycles. The predicted molar refractivity (Wildman–Crippen MR) is 89.6 cm³/mol. The van der Waals surface area contributed by atoms with E-state index in [2.05, 4.69) is 47.3 Å². The van der Waals surface area contributed by atoms with Crippen LogP contribution >= 0.6 is 22.7 Å². The monoisotopic (exact) mass is 305 g/mol. The molecule has 1 nitrogen and oxygen atoms in total. The summed E-state index contributed by atoms with van der Waals surface area (Å²) in [7, 11) is 0. The zero-order valence-corrected chi connectivity index (χ0v) is 13.7. The molecule has 3 rings (SSSR count). The fourth-order valence-electron chi connectivity index (χ4n) is 3.07. The molecule has 0 saturated heterocycles. The summed E-state index contributed by atoms with van der Waals surface area (Å²) in [5.74, 6) is 0.922. The second kappa shape index (κ2) is 6.88. The van der Waals surface area contributed by atoms with E-state index in [0.717, 1.165) is 12.3 Å². The van der Waals surface area contributed by atoms with Gasteiger partial charge >= 0.3 is 0 Å². The van der Waals surface area contributed by atoms with Gasteiger partial charge < -0.3 is 5.32 Å². The van der Waals surface area contributed by atoms with E-state index < -0.39 is 0 Å². The summed E-state index contributed by atoms with van der Waals surface area (Å²) in [5, 5.41) is 8.31. The van der Waals surface area contributed by atoms with Gasteiger partial charge in [0, 0.05) is 28.3 Å². The molecule has 1 N–H and O–H groups in total. The topological polar surface area (TPSA) is 12.0 Å². The van der Waals surface area contributed by atoms with Crippen molar-refractivity contribution in [3.63, 3.8) is 0 Å². The first-order valence-corrected chi connectivity index (χ1v) is 9.39. The molecule has 2 aromatic heterocycles. The zero-order valence-electron chi connectivity index (χ0n) is 12.0. The van der Waals surface area contributed by atoms with Gasteiger partial charge in [-0.2, -0.15) is 0 Å². The summed E-state index contributed by atoms with van der Waals surface area (Å²) in [6.45, 7) is 2.39. The maximum atomic E-state index is 3.93. The molecule has 20 heavy (non-hydrogen) atoms. The van der Waals surface area contributed by atoms with Crippen LogP contribution in [0.2, 0.25) is 0 Å². The van der Waals surface area contributed by atoms with E-state index in [1.165, 1.54) is 35.4 Å². The Labute approximate surface area is 130 Å². The van der Waals surface area contributed by atoms with E-state index in [1.54, 1.807) is 0 Å². The molecule has 3 heteroatoms. The van der Waals surface area contributed by atoms with Crippen molar-refractivity contribution in [2.75, 3.05) is 0 Å². The Bertz CT molecular complexity index is 481. The number of hydrogen-bond acceptors (Lipinski definition) is 3. The minimum absolute atomic E-state index is 0.493. The van der Waals surface area contributed by atoms with E-state index in [1.807, 2.05) is 22.7 Å². The fourth-order valence-corrected chi connectivity index (χ4v) is 4.61. The molecular weight excluding hydrogens is 282 g/mol. The van der Waals surface area contributed by atoms with Gasteiger partial charge in [0.05, 0.1) is 0 Å². The minimum Gasteiger partial charge on any atom is -0.306 e. The Morgan fingerprint density at radius 3 is 2.50 bits per heavy atom. The lowest BCUT2D eigenvalue weighted by Crippen LogP contribution is -2.36. The molecule has 0 radical (unpaired) electrons. The van der Waals surface area contributed by atoms with Crippen LogP contribution in [-0.4, -0.2) is 6.04 Å². The Balaban J connectivity index is 1.66. The highest BCUT2D eigenvalue weighted by molar-refractivity contribution is 7.10. The molecule has 2 aromatic rings. The maximum absolute atomic E-state index is 3.93. The highest BCUT2D eigenvalue weighted by atomic mass is 32.1. The van der Waals surface area contributed by atoms with E-state index in [4.69, 9.17) is 0 Å². The van der Waals surface area contributed by atoms with Gasteiger partial charge in [-0.25, -0.2) is 0 Å². The molecule has 1 fully saturated rings. The van der Waals surface area contributed by atoms with Gasteiger partial charge in [0.15, 0.2) is 0 Å². The van der Waals surface area contributed by atoms with Crippen LogP contribution in [0.1, 0.15) is 48.4 Å². The van der Waals surface area contributed by atoms with Crippen LogP contribution in [0, 0.1) is 5.92 Å². The van der Waals surface area contributed by atoms with Crippen LogP contribution in [-0.2, 0) is 6.42 Å². The minimum atomic E-state index is 0.493. The average molecular weight is 306 g/mol. The number of hydrogen-bond donors (Lipinski definition) is 1. The van der Waals surface area contributed by atoms with E-state index in [0.29, 0.717) is 12.1 Å². The smallest absolute Gasteiger partial charge is 0.0465 e. The van der Waals surface area contributed by atoms with Crippen molar-refractivity contribution in [1.82, 2.24) is 5.32 Å². The predicted octanol–water partition coefficient (Wildman–Crippen LogP) is 5.26. The molecule has 2 heterocycles. The van der Waals surface area contributed by atoms with E-state index in [-0.39, 0.29) is 0 Å². The van der Waals surface area contributed by atoms with Crippen LogP contribution in [0.3, 0.4) is 0 Å². The maximum Gasteiger partial charge on any atom is 0.0465 e. The number of nitrogens with one attached hydrogen (secondary N) is 1. The Morgan fingerprint density at radius 2 is 1.85 bits per heavy atom. The first-order chi connectivity index (χ1) is 9.81. The summed E-state index contributed by atoms with van der Waals surface area (Å²) in [4.78, 5) is 2.97. The molecule has 1 atom stereocenters. The molecular formula is C17H23NS2. The molecule has 1 aliphatic rings. The summed E-state index contributed by atoms with van der Waals surface area (Å²) < 4.78 is 0. The third-order valence-corrected chi connectivity index (χ3v) is 6.21. The second-order valence-corrected chi connectivity index (χ2v) is 7.99. The normalized spacial score (nSPS) is 24.6. The highest BCUT2D eigenvalue weighted by Crippen LogP contribution is 2.29. The third-order valence-electron chi connectivity index (χ3n) is 4.32. The molecule has 1 saturated carbocycles. The summed E-state index contributed by atoms with van der Waals surface area (Å²) >= 11 is 3.76. The molecule has 0 amide bonds. The lowest BCUT2D eigenvalue weighted by atomic mass is 9.87. The average Bonchev–Trinajstić information content (AvgIpc) is 3.12. The fraction of sp³-hybridized carbons (Fsp3) is 0.529. The molecule has 108 valence electrons. The van der Waals surface area contributed by atoms with Crippen molar-refractivity contribution in [3.05, 3.63) is 44.8 Å². The van der Waals surface area contributed by atoms with Crippen molar-refractivity contribution in [2.45, 2.75) is 51.1 Å². The van der Waals surface area contributed by atoms with Crippen molar-refractivity contribution in [1.29, 1.82) is 0 Å². The lowest BCUT2D eigenvalue weighted by molar-refractivity contribution is 0.287. The molecule has 0 aliphatic heterocycles. The number of thiophene rings is 2. The van der Waals surface area contributed by atoms with Gasteiger partial charge in [-0.05, 0) is 54.5 Å². The lowest BCUT2D eigenvalue weighted by Gasteiger charge is -2.30. The zero-order chi connectivity index (χ0) is 13.8. The quantitative estimate of drug-likeness (QED) is 0.794. The van der Waals surface area contributed by atoms with Crippen molar-refractivity contribution in [3.8, 4) is 0 Å². The standard InChI is InChI=1S/C17H23NS2/c1-13-6-8-14(9-7-13)18-16(17-5-3-11-20-17)12-15-4-2-10-19-15/h2-5,10-11,13-14,16,18H,6-9,12H2,1H3. The van der Waals surface area contributed by atoms with E-state index in [9.17, 15) is 0 Å². The van der Waals surface area contributed by atoms with Gasteiger partial charge in [-0.1, -0.05) is 19.1 Å². The Morgan fingerprint density at radius 1 is 1.10 bits per heavy atom. The van der Waals surface area contributed by atoms with Gasteiger partial charge in [0.2, 0.25) is 0 Å². The summed E-state index contributed by atoms with van der Waals surface area (Å²) in [6, 6.07) is 10.1. The van der Waals surface area contributed by atoms with Gasteiger partial charge in [0.25, 0.3) is 0 Å². The van der Waals surface area contributed by atoms with E-state index >= 15 is 0 Å². The van der Waals surface area contributed by atoms with Crippen molar-refractivity contribution < 1.29 is 0 Å². The van der Waals surface area contributed by atoms with Crippen LogP contribution in [0.4, 0.5) is 0 Å². The second-order valence-electron chi connectivity index (χ2n) is 5.97. The highest BCUT2D eigenvalue weighted by Gasteiger charge is 2.22. The molecule has 0 bridgehead atoms. The SMILES string of the molecule is CC1CCC(NC(Cc2cccs2)c2cccs2)CC1. The van der Waals surface area contributed by atoms with Crippen LogP contribution < -0.4 is 5.32 Å². The summed E-state index contributed by atoms with van der Waals surface area (Å²) in [6.07, 6.45) is 6.58. The van der Waals surface area contributed by atoms with Crippen LogP contribution in [0.25, 0.3) is 0 Å². The van der Waals surface area contributed by atoms with Gasteiger partial charge in [-0.15, -0.1) is 22.7 Å². The summed E-state index contributed by atoms with van der Waals surface area (Å²) in [5.41, 5.74) is 0. The molecule has 0 spiro atoms. The third kappa shape index (κ3) is 3.72. The Hall–Kier alpha value is -0.640. The molecule has 1 unspecified atom stereocenters. The van der Waals surface area contributed by atoms with Crippen molar-refractivity contribution >= 4 is 22.7 Å². The van der Waals surface area contributed by atoms with Gasteiger partial charge in [-0.3, -0.25) is 0 Å². The van der Waals surface area contributed by atoms with Crippen LogP contribution in [0.15, 0.2) is 35.0 Å². The first kappa shape index (κ1) is 14.3. The van der Waals surface area contributed by atoms with Gasteiger partial charge in [0.1, 0.15) is 0 Å². The van der Waals surface area contributed by atoms with Crippen LogP contribution in [0.5, 0.6) is 0 Å².